The van der Waals surface area contributed by atoms with Gasteiger partial charge in [0.2, 0.25) is 0 Å². The zero-order valence-corrected chi connectivity index (χ0v) is 8.14. The van der Waals surface area contributed by atoms with Gasteiger partial charge in [0.25, 0.3) is 0 Å². The van der Waals surface area contributed by atoms with Crippen molar-refractivity contribution in [2.24, 2.45) is 0 Å². The highest BCUT2D eigenvalue weighted by Crippen LogP contribution is 2.19. The monoisotopic (exact) mass is 199 g/mol. The summed E-state index contributed by atoms with van der Waals surface area (Å²) in [4.78, 5) is 14.9. The Bertz CT molecular complexity index is 327. The predicted molar refractivity (Wildman–Crippen MR) is 52.1 cm³/mol. The molecule has 0 aliphatic carbocycles. The summed E-state index contributed by atoms with van der Waals surface area (Å²) in [5.74, 6) is 0.367. The average molecular weight is 200 g/mol. The predicted octanol–water partition coefficient (Wildman–Crippen LogP) is 1.79. The van der Waals surface area contributed by atoms with Crippen molar-refractivity contribution in [3.8, 4) is 0 Å². The largest absolute Gasteiger partial charge is 0.341 e. The van der Waals surface area contributed by atoms with Crippen molar-refractivity contribution in [2.75, 3.05) is 12.4 Å². The lowest BCUT2D eigenvalue weighted by atomic mass is 10.3. The maximum absolute atomic E-state index is 10.9. The SMILES string of the molecule is CNC(=O)Nc1ncc(C)cc1Cl. The van der Waals surface area contributed by atoms with Gasteiger partial charge in [0, 0.05) is 13.2 Å². The molecule has 0 saturated carbocycles. The summed E-state index contributed by atoms with van der Waals surface area (Å²) >= 11 is 5.83. The van der Waals surface area contributed by atoms with E-state index < -0.39 is 0 Å². The summed E-state index contributed by atoms with van der Waals surface area (Å²) < 4.78 is 0. The van der Waals surface area contributed by atoms with Crippen LogP contribution < -0.4 is 10.6 Å². The first-order valence-electron chi connectivity index (χ1n) is 3.74. The molecule has 2 N–H and O–H groups in total. The molecular weight excluding hydrogens is 190 g/mol. The number of hydrogen-bond donors (Lipinski definition) is 2. The molecule has 1 aromatic rings. The number of urea groups is 1. The van der Waals surface area contributed by atoms with E-state index in [9.17, 15) is 4.79 Å². The van der Waals surface area contributed by atoms with Gasteiger partial charge in [-0.05, 0) is 18.6 Å². The minimum Gasteiger partial charge on any atom is -0.341 e. The van der Waals surface area contributed by atoms with E-state index in [0.717, 1.165) is 5.56 Å². The van der Waals surface area contributed by atoms with Crippen molar-refractivity contribution in [3.63, 3.8) is 0 Å². The first-order chi connectivity index (χ1) is 6.13. The second-order valence-electron chi connectivity index (χ2n) is 2.55. The number of amides is 2. The highest BCUT2D eigenvalue weighted by molar-refractivity contribution is 6.33. The molecule has 0 atom stereocenters. The summed E-state index contributed by atoms with van der Waals surface area (Å²) in [6.45, 7) is 1.88. The highest BCUT2D eigenvalue weighted by Gasteiger charge is 2.04. The zero-order chi connectivity index (χ0) is 9.84. The van der Waals surface area contributed by atoms with Gasteiger partial charge in [0.1, 0.15) is 0 Å². The number of hydrogen-bond acceptors (Lipinski definition) is 2. The van der Waals surface area contributed by atoms with Crippen LogP contribution in [-0.4, -0.2) is 18.1 Å². The minimum atomic E-state index is -0.335. The van der Waals surface area contributed by atoms with Crippen molar-refractivity contribution >= 4 is 23.4 Å². The summed E-state index contributed by atoms with van der Waals surface area (Å²) in [6.07, 6.45) is 1.64. The maximum Gasteiger partial charge on any atom is 0.320 e. The molecule has 2 amide bonds. The third kappa shape index (κ3) is 2.59. The Labute approximate surface area is 81.3 Å². The fourth-order valence-electron chi connectivity index (χ4n) is 0.796. The third-order valence-corrected chi connectivity index (χ3v) is 1.73. The summed E-state index contributed by atoms with van der Waals surface area (Å²) in [5.41, 5.74) is 0.951. The number of nitrogens with one attached hydrogen (secondary N) is 2. The summed E-state index contributed by atoms with van der Waals surface area (Å²) in [6, 6.07) is 1.40. The lowest BCUT2D eigenvalue weighted by Crippen LogP contribution is -2.25. The molecule has 0 saturated heterocycles. The first kappa shape index (κ1) is 9.80. The molecule has 4 nitrogen and oxygen atoms in total. The Morgan fingerprint density at radius 1 is 1.62 bits per heavy atom. The zero-order valence-electron chi connectivity index (χ0n) is 7.39. The van der Waals surface area contributed by atoms with Crippen molar-refractivity contribution < 1.29 is 4.79 Å². The maximum atomic E-state index is 10.9. The Morgan fingerprint density at radius 3 is 2.85 bits per heavy atom. The van der Waals surface area contributed by atoms with Crippen molar-refractivity contribution in [1.29, 1.82) is 0 Å². The molecule has 1 rings (SSSR count). The fraction of sp³-hybridized carbons (Fsp3) is 0.250. The van der Waals surface area contributed by atoms with E-state index in [4.69, 9.17) is 11.6 Å². The van der Waals surface area contributed by atoms with Gasteiger partial charge in [0.15, 0.2) is 5.82 Å². The van der Waals surface area contributed by atoms with E-state index in [0.29, 0.717) is 10.8 Å². The van der Waals surface area contributed by atoms with E-state index in [2.05, 4.69) is 15.6 Å². The molecule has 70 valence electrons. The Hall–Kier alpha value is -1.29. The van der Waals surface area contributed by atoms with Crippen LogP contribution in [0, 0.1) is 6.92 Å². The smallest absolute Gasteiger partial charge is 0.320 e. The Balaban J connectivity index is 2.83. The van der Waals surface area contributed by atoms with Crippen LogP contribution in [0.15, 0.2) is 12.3 Å². The number of rotatable bonds is 1. The molecule has 5 heteroatoms. The summed E-state index contributed by atoms with van der Waals surface area (Å²) in [7, 11) is 1.53. The van der Waals surface area contributed by atoms with Crippen molar-refractivity contribution in [2.45, 2.75) is 6.92 Å². The van der Waals surface area contributed by atoms with E-state index >= 15 is 0 Å². The van der Waals surface area contributed by atoms with E-state index in [1.165, 1.54) is 7.05 Å². The van der Waals surface area contributed by atoms with Crippen LogP contribution in [0.4, 0.5) is 10.6 Å². The molecule has 0 unspecified atom stereocenters. The molecule has 0 fully saturated rings. The van der Waals surface area contributed by atoms with Crippen LogP contribution in [0.1, 0.15) is 5.56 Å². The molecule has 13 heavy (non-hydrogen) atoms. The number of halogens is 1. The second kappa shape index (κ2) is 4.09. The quantitative estimate of drug-likeness (QED) is 0.725. The standard InChI is InChI=1S/C8H10ClN3O/c1-5-3-6(9)7(11-4-5)12-8(13)10-2/h3-4H,1-2H3,(H2,10,11,12,13). The number of pyridine rings is 1. The molecule has 0 aromatic carbocycles. The van der Waals surface area contributed by atoms with Crippen LogP contribution in [-0.2, 0) is 0 Å². The number of aryl methyl sites for hydroxylation is 1. The Morgan fingerprint density at radius 2 is 2.31 bits per heavy atom. The minimum absolute atomic E-state index is 0.335. The van der Waals surface area contributed by atoms with Gasteiger partial charge in [-0.1, -0.05) is 11.6 Å². The van der Waals surface area contributed by atoms with Crippen molar-refractivity contribution in [3.05, 3.63) is 22.8 Å². The van der Waals surface area contributed by atoms with Gasteiger partial charge in [-0.3, -0.25) is 5.32 Å². The normalized spacial score (nSPS) is 9.46. The third-order valence-electron chi connectivity index (χ3n) is 1.44. The van der Waals surface area contributed by atoms with Crippen LogP contribution >= 0.6 is 11.6 Å². The van der Waals surface area contributed by atoms with E-state index in [1.54, 1.807) is 12.3 Å². The van der Waals surface area contributed by atoms with Gasteiger partial charge < -0.3 is 5.32 Å². The molecule has 0 bridgehead atoms. The number of carbonyl (C=O) groups excluding carboxylic acids is 1. The van der Waals surface area contributed by atoms with Gasteiger partial charge in [-0.2, -0.15) is 0 Å². The summed E-state index contributed by atoms with van der Waals surface area (Å²) in [5, 5.41) is 5.33. The number of anilines is 1. The van der Waals surface area contributed by atoms with Crippen LogP contribution in [0.3, 0.4) is 0 Å². The molecule has 1 aromatic heterocycles. The first-order valence-corrected chi connectivity index (χ1v) is 4.12. The lowest BCUT2D eigenvalue weighted by Gasteiger charge is -2.05. The topological polar surface area (TPSA) is 54.0 Å². The molecule has 0 aliphatic heterocycles. The van der Waals surface area contributed by atoms with Gasteiger partial charge >= 0.3 is 6.03 Å². The molecule has 0 radical (unpaired) electrons. The Kier molecular flexibility index (Phi) is 3.08. The average Bonchev–Trinajstić information content (AvgIpc) is 2.09. The van der Waals surface area contributed by atoms with Gasteiger partial charge in [0.05, 0.1) is 5.02 Å². The lowest BCUT2D eigenvalue weighted by molar-refractivity contribution is 0.254. The van der Waals surface area contributed by atoms with Crippen LogP contribution in [0.2, 0.25) is 5.02 Å². The van der Waals surface area contributed by atoms with E-state index in [1.807, 2.05) is 6.92 Å². The number of aromatic nitrogens is 1. The second-order valence-corrected chi connectivity index (χ2v) is 2.95. The van der Waals surface area contributed by atoms with Gasteiger partial charge in [-0.15, -0.1) is 0 Å². The van der Waals surface area contributed by atoms with Crippen LogP contribution in [0.25, 0.3) is 0 Å². The fourth-order valence-corrected chi connectivity index (χ4v) is 1.06. The molecule has 0 spiro atoms. The number of carbonyl (C=O) groups is 1. The van der Waals surface area contributed by atoms with Crippen LogP contribution in [0.5, 0.6) is 0 Å². The molecule has 0 aliphatic rings. The highest BCUT2D eigenvalue weighted by atomic mass is 35.5. The molecule has 1 heterocycles. The van der Waals surface area contributed by atoms with E-state index in [-0.39, 0.29) is 6.03 Å². The number of nitrogens with zero attached hydrogens (tertiary/aromatic N) is 1. The molecular formula is C8H10ClN3O. The van der Waals surface area contributed by atoms with Gasteiger partial charge in [-0.25, -0.2) is 9.78 Å². The van der Waals surface area contributed by atoms with Crippen molar-refractivity contribution in [1.82, 2.24) is 10.3 Å².